The van der Waals surface area contributed by atoms with Crippen LogP contribution >= 0.6 is 0 Å². The van der Waals surface area contributed by atoms with Crippen molar-refractivity contribution in [2.75, 3.05) is 31.5 Å². The van der Waals surface area contributed by atoms with E-state index >= 15 is 0 Å². The molecule has 2 amide bonds. The largest absolute Gasteiger partial charge is 0.360 e. The number of rotatable bonds is 3. The van der Waals surface area contributed by atoms with Gasteiger partial charge < -0.3 is 14.7 Å². The Balaban J connectivity index is 1.86. The van der Waals surface area contributed by atoms with Crippen molar-refractivity contribution in [3.05, 3.63) is 11.8 Å². The summed E-state index contributed by atoms with van der Waals surface area (Å²) in [5.74, 6) is 1.05. The highest BCUT2D eigenvalue weighted by Crippen LogP contribution is 2.11. The molecule has 0 aromatic carbocycles. The molecule has 1 aromatic rings. The van der Waals surface area contributed by atoms with Crippen molar-refractivity contribution in [3.8, 4) is 0 Å². The molecule has 1 aliphatic heterocycles. The molecule has 1 fully saturated rings. The minimum atomic E-state index is -0.263. The fourth-order valence-electron chi connectivity index (χ4n) is 2.25. The van der Waals surface area contributed by atoms with Gasteiger partial charge >= 0.3 is 0 Å². The van der Waals surface area contributed by atoms with E-state index in [1.807, 2.05) is 6.92 Å². The quantitative estimate of drug-likeness (QED) is 0.871. The molecule has 7 heteroatoms. The second kappa shape index (κ2) is 6.04. The molecular formula is C13H20N4O3. The highest BCUT2D eigenvalue weighted by molar-refractivity contribution is 5.93. The highest BCUT2D eigenvalue weighted by Gasteiger charge is 2.26. The second-order valence-electron chi connectivity index (χ2n) is 5.03. The number of carbonyl (C=O) groups is 2. The first-order chi connectivity index (χ1) is 9.47. The first-order valence-corrected chi connectivity index (χ1v) is 6.71. The Bertz CT molecular complexity index is 492. The molecule has 20 heavy (non-hydrogen) atoms. The minimum Gasteiger partial charge on any atom is -0.360 e. The summed E-state index contributed by atoms with van der Waals surface area (Å²) in [6.45, 7) is 7.92. The van der Waals surface area contributed by atoms with Crippen molar-refractivity contribution in [2.45, 2.75) is 26.8 Å². The fourth-order valence-corrected chi connectivity index (χ4v) is 2.25. The van der Waals surface area contributed by atoms with Gasteiger partial charge in [-0.15, -0.1) is 0 Å². The van der Waals surface area contributed by atoms with Gasteiger partial charge in [-0.25, -0.2) is 0 Å². The maximum atomic E-state index is 12.1. The Morgan fingerprint density at radius 3 is 2.50 bits per heavy atom. The van der Waals surface area contributed by atoms with Gasteiger partial charge in [-0.1, -0.05) is 5.16 Å². The number of aryl methyl sites for hydroxylation is 1. The van der Waals surface area contributed by atoms with Crippen LogP contribution in [0.3, 0.4) is 0 Å². The molecule has 2 rings (SSSR count). The van der Waals surface area contributed by atoms with Crippen LogP contribution in [0.1, 0.15) is 19.6 Å². The van der Waals surface area contributed by atoms with Crippen LogP contribution in [0.4, 0.5) is 5.82 Å². The normalized spacial score (nSPS) is 17.9. The molecule has 0 saturated carbocycles. The number of piperazine rings is 1. The third-order valence-electron chi connectivity index (χ3n) is 3.57. The Morgan fingerprint density at radius 2 is 2.00 bits per heavy atom. The zero-order valence-electron chi connectivity index (χ0n) is 12.0. The predicted octanol–water partition coefficient (Wildman–Crippen LogP) is 0.474. The molecule has 110 valence electrons. The molecule has 0 aliphatic carbocycles. The highest BCUT2D eigenvalue weighted by atomic mass is 16.5. The van der Waals surface area contributed by atoms with Gasteiger partial charge in [0.25, 0.3) is 0 Å². The molecule has 1 N–H and O–H groups in total. The Morgan fingerprint density at radius 1 is 1.35 bits per heavy atom. The topological polar surface area (TPSA) is 78.7 Å². The molecule has 0 spiro atoms. The molecule has 1 saturated heterocycles. The van der Waals surface area contributed by atoms with E-state index in [1.165, 1.54) is 0 Å². The lowest BCUT2D eigenvalue weighted by molar-refractivity contribution is -0.131. The van der Waals surface area contributed by atoms with Crippen LogP contribution < -0.4 is 5.32 Å². The van der Waals surface area contributed by atoms with Gasteiger partial charge in [0.2, 0.25) is 11.8 Å². The van der Waals surface area contributed by atoms with Crippen molar-refractivity contribution in [2.24, 2.45) is 0 Å². The molecule has 1 unspecified atom stereocenters. The second-order valence-corrected chi connectivity index (χ2v) is 5.03. The maximum absolute atomic E-state index is 12.1. The number of anilines is 1. The summed E-state index contributed by atoms with van der Waals surface area (Å²) in [7, 11) is 0. The Labute approximate surface area is 117 Å². The van der Waals surface area contributed by atoms with Gasteiger partial charge in [0, 0.05) is 39.2 Å². The lowest BCUT2D eigenvalue weighted by atomic mass is 10.2. The minimum absolute atomic E-state index is 0.0832. The van der Waals surface area contributed by atoms with Gasteiger partial charge in [0.15, 0.2) is 5.82 Å². The van der Waals surface area contributed by atoms with E-state index in [-0.39, 0.29) is 17.9 Å². The number of aromatic nitrogens is 1. The molecule has 1 aliphatic rings. The average Bonchev–Trinajstić information content (AvgIpc) is 2.83. The van der Waals surface area contributed by atoms with E-state index in [2.05, 4.69) is 15.4 Å². The van der Waals surface area contributed by atoms with Crippen LogP contribution in [0.5, 0.6) is 0 Å². The first kappa shape index (κ1) is 14.5. The average molecular weight is 280 g/mol. The van der Waals surface area contributed by atoms with Gasteiger partial charge in [0.05, 0.1) is 6.04 Å². The van der Waals surface area contributed by atoms with Crippen LogP contribution in [0.2, 0.25) is 0 Å². The predicted molar refractivity (Wildman–Crippen MR) is 73.2 cm³/mol. The number of hydrogen-bond donors (Lipinski definition) is 1. The van der Waals surface area contributed by atoms with E-state index in [0.29, 0.717) is 37.8 Å². The SMILES string of the molecule is CC(=O)N1CCN(C(C)C(=O)Nc2cc(C)on2)CC1. The molecule has 1 atom stereocenters. The van der Waals surface area contributed by atoms with E-state index in [1.54, 1.807) is 24.8 Å². The molecule has 1 aromatic heterocycles. The summed E-state index contributed by atoms with van der Waals surface area (Å²) in [5.41, 5.74) is 0. The molecule has 0 bridgehead atoms. The molecule has 2 heterocycles. The van der Waals surface area contributed by atoms with Crippen LogP contribution in [0.15, 0.2) is 10.6 Å². The summed E-state index contributed by atoms with van der Waals surface area (Å²) < 4.78 is 4.91. The van der Waals surface area contributed by atoms with E-state index in [4.69, 9.17) is 4.52 Å². The number of hydrogen-bond acceptors (Lipinski definition) is 5. The van der Waals surface area contributed by atoms with Crippen molar-refractivity contribution in [1.82, 2.24) is 15.0 Å². The fraction of sp³-hybridized carbons (Fsp3) is 0.615. The maximum Gasteiger partial charge on any atom is 0.242 e. The van der Waals surface area contributed by atoms with Crippen molar-refractivity contribution < 1.29 is 14.1 Å². The summed E-state index contributed by atoms with van der Waals surface area (Å²) in [6, 6.07) is 1.42. The zero-order chi connectivity index (χ0) is 14.7. The zero-order valence-corrected chi connectivity index (χ0v) is 12.0. The molecular weight excluding hydrogens is 260 g/mol. The van der Waals surface area contributed by atoms with Gasteiger partial charge in [-0.3, -0.25) is 14.5 Å². The number of amides is 2. The van der Waals surface area contributed by atoms with Crippen molar-refractivity contribution in [3.63, 3.8) is 0 Å². The van der Waals surface area contributed by atoms with Gasteiger partial charge in [0.1, 0.15) is 5.76 Å². The Kier molecular flexibility index (Phi) is 4.39. The lowest BCUT2D eigenvalue weighted by Crippen LogP contribution is -2.53. The van der Waals surface area contributed by atoms with Crippen LogP contribution in [0.25, 0.3) is 0 Å². The van der Waals surface area contributed by atoms with Gasteiger partial charge in [-0.2, -0.15) is 0 Å². The monoisotopic (exact) mass is 280 g/mol. The van der Waals surface area contributed by atoms with Gasteiger partial charge in [-0.05, 0) is 13.8 Å². The summed E-state index contributed by atoms with van der Waals surface area (Å²) in [5, 5.41) is 6.47. The van der Waals surface area contributed by atoms with Crippen molar-refractivity contribution in [1.29, 1.82) is 0 Å². The third-order valence-corrected chi connectivity index (χ3v) is 3.57. The van der Waals surface area contributed by atoms with Crippen LogP contribution in [-0.2, 0) is 9.59 Å². The summed E-state index contributed by atoms with van der Waals surface area (Å²) in [6.07, 6.45) is 0. The molecule has 0 radical (unpaired) electrons. The summed E-state index contributed by atoms with van der Waals surface area (Å²) in [4.78, 5) is 27.2. The third kappa shape index (κ3) is 3.36. The lowest BCUT2D eigenvalue weighted by Gasteiger charge is -2.36. The van der Waals surface area contributed by atoms with Crippen LogP contribution in [0, 0.1) is 6.92 Å². The summed E-state index contributed by atoms with van der Waals surface area (Å²) >= 11 is 0. The Hall–Kier alpha value is -1.89. The molecule has 7 nitrogen and oxygen atoms in total. The van der Waals surface area contributed by atoms with Crippen molar-refractivity contribution >= 4 is 17.6 Å². The van der Waals surface area contributed by atoms with E-state index in [9.17, 15) is 9.59 Å². The number of nitrogens with zero attached hydrogens (tertiary/aromatic N) is 3. The van der Waals surface area contributed by atoms with Crippen LogP contribution in [-0.4, -0.2) is 59.0 Å². The first-order valence-electron chi connectivity index (χ1n) is 6.71. The number of carbonyl (C=O) groups excluding carboxylic acids is 2. The number of nitrogens with one attached hydrogen (secondary N) is 1. The van der Waals surface area contributed by atoms with E-state index < -0.39 is 0 Å². The standard InChI is InChI=1S/C13H20N4O3/c1-9-8-12(15-20-9)14-13(19)10(2)16-4-6-17(7-5-16)11(3)18/h8,10H,4-7H2,1-3H3,(H,14,15,19). The van der Waals surface area contributed by atoms with E-state index in [0.717, 1.165) is 0 Å². The smallest absolute Gasteiger partial charge is 0.242 e.